The number of hydrogen-bond donors (Lipinski definition) is 0. The third-order valence-electron chi connectivity index (χ3n) is 4.94. The van der Waals surface area contributed by atoms with E-state index in [-0.39, 0.29) is 30.3 Å². The Morgan fingerprint density at radius 1 is 1.37 bits per heavy atom. The summed E-state index contributed by atoms with van der Waals surface area (Å²) in [6.07, 6.45) is 6.49. The maximum Gasteiger partial charge on any atom is 0.188 e. The van der Waals surface area contributed by atoms with Crippen LogP contribution in [-0.4, -0.2) is 25.9 Å². The minimum Gasteiger partial charge on any atom is -0.471 e. The fourth-order valence-corrected chi connectivity index (χ4v) is 3.95. The molecule has 1 aliphatic rings. The lowest BCUT2D eigenvalue weighted by atomic mass is 9.75. The van der Waals surface area contributed by atoms with Gasteiger partial charge in [-0.05, 0) is 49.1 Å². The quantitative estimate of drug-likeness (QED) is 0.328. The van der Waals surface area contributed by atoms with Gasteiger partial charge in [-0.1, -0.05) is 13.0 Å². The summed E-state index contributed by atoms with van der Waals surface area (Å²) in [6.45, 7) is 5.72. The van der Waals surface area contributed by atoms with Gasteiger partial charge in [0.1, 0.15) is 17.4 Å². The second kappa shape index (κ2) is 10.0. The summed E-state index contributed by atoms with van der Waals surface area (Å²) in [6, 6.07) is 2.51. The lowest BCUT2D eigenvalue weighted by molar-refractivity contribution is -0.120. The molecule has 148 valence electrons. The Morgan fingerprint density at radius 2 is 2.11 bits per heavy atom. The summed E-state index contributed by atoms with van der Waals surface area (Å²) in [7, 11) is 1.51. The molecule has 0 aromatic heterocycles. The van der Waals surface area contributed by atoms with Crippen molar-refractivity contribution in [3.05, 3.63) is 53.8 Å². The molecule has 27 heavy (non-hydrogen) atoms. The lowest BCUT2D eigenvalue weighted by Gasteiger charge is -2.32. The molecular weight excluding hydrogens is 370 g/mol. The van der Waals surface area contributed by atoms with Crippen molar-refractivity contribution < 1.29 is 23.0 Å². The van der Waals surface area contributed by atoms with E-state index in [0.29, 0.717) is 35.5 Å². The number of methoxy groups -OCH3 is 1. The summed E-state index contributed by atoms with van der Waals surface area (Å²) in [5.41, 5.74) is 0.334. The molecule has 0 saturated carbocycles. The third-order valence-corrected chi connectivity index (χ3v) is 5.69. The molecule has 0 radical (unpaired) electrons. The van der Waals surface area contributed by atoms with Crippen LogP contribution in [0, 0.1) is 29.4 Å². The topological polar surface area (TPSA) is 35.5 Å². The van der Waals surface area contributed by atoms with E-state index in [9.17, 15) is 13.6 Å². The van der Waals surface area contributed by atoms with Crippen LogP contribution >= 0.6 is 11.8 Å². The van der Waals surface area contributed by atoms with Gasteiger partial charge in [0.2, 0.25) is 0 Å². The van der Waals surface area contributed by atoms with Crippen molar-refractivity contribution in [3.8, 4) is 0 Å². The smallest absolute Gasteiger partial charge is 0.188 e. The standard InChI is InChI=1S/C21H26F2O3S/c1-5-6-14-8-16(20(11-19(14)24)26-12-25-3)13(2)7-15-9-18(23)21(27-4)10-17(15)22/h5,9-11,13-14,16H,1,6-8,12H2,2-4H3/t13-,14?,16?/m0/s1. The Bertz CT molecular complexity index is 718. The molecule has 0 saturated heterocycles. The molecule has 0 N–H and O–H groups in total. The Hall–Kier alpha value is -1.66. The fraction of sp³-hybridized carbons (Fsp3) is 0.476. The molecule has 1 aromatic rings. The normalized spacial score (nSPS) is 20.9. The SMILES string of the molecule is C=CCC1CC([C@@H](C)Cc2cc(F)c(SC)cc2F)C(OCOC)=CC1=O. The van der Waals surface area contributed by atoms with Crippen LogP contribution in [0.25, 0.3) is 0 Å². The number of hydrogen-bond acceptors (Lipinski definition) is 4. The third kappa shape index (κ3) is 5.42. The number of ketones is 1. The van der Waals surface area contributed by atoms with Gasteiger partial charge in [0, 0.05) is 29.9 Å². The molecule has 2 rings (SSSR count). The van der Waals surface area contributed by atoms with Crippen molar-refractivity contribution in [3.63, 3.8) is 0 Å². The van der Waals surface area contributed by atoms with Gasteiger partial charge in [-0.25, -0.2) is 8.78 Å². The molecule has 1 aliphatic carbocycles. The number of benzene rings is 1. The average molecular weight is 396 g/mol. The molecule has 6 heteroatoms. The number of ether oxygens (including phenoxy) is 2. The summed E-state index contributed by atoms with van der Waals surface area (Å²) in [5, 5.41) is 0. The molecule has 0 spiro atoms. The first-order valence-corrected chi connectivity index (χ1v) is 10.1. The number of allylic oxidation sites excluding steroid dienone is 3. The molecular formula is C21H26F2O3S. The highest BCUT2D eigenvalue weighted by Gasteiger charge is 2.34. The zero-order chi connectivity index (χ0) is 20.0. The van der Waals surface area contributed by atoms with Crippen LogP contribution in [-0.2, 0) is 20.7 Å². The molecule has 0 heterocycles. The van der Waals surface area contributed by atoms with Gasteiger partial charge < -0.3 is 9.47 Å². The first-order chi connectivity index (χ1) is 12.9. The van der Waals surface area contributed by atoms with Crippen LogP contribution in [0.5, 0.6) is 0 Å². The van der Waals surface area contributed by atoms with Crippen molar-refractivity contribution in [1.29, 1.82) is 0 Å². The van der Waals surface area contributed by atoms with Gasteiger partial charge in [0.25, 0.3) is 0 Å². The lowest BCUT2D eigenvalue weighted by Crippen LogP contribution is -2.30. The second-order valence-corrected chi connectivity index (χ2v) is 7.67. The Morgan fingerprint density at radius 3 is 2.74 bits per heavy atom. The van der Waals surface area contributed by atoms with Crippen molar-refractivity contribution in [1.82, 2.24) is 0 Å². The maximum atomic E-state index is 14.4. The van der Waals surface area contributed by atoms with E-state index in [4.69, 9.17) is 9.47 Å². The Kier molecular flexibility index (Phi) is 8.05. The van der Waals surface area contributed by atoms with Gasteiger partial charge in [-0.15, -0.1) is 18.3 Å². The van der Waals surface area contributed by atoms with E-state index < -0.39 is 11.6 Å². The van der Waals surface area contributed by atoms with Crippen molar-refractivity contribution in [2.75, 3.05) is 20.2 Å². The van der Waals surface area contributed by atoms with Crippen LogP contribution in [0.3, 0.4) is 0 Å². The minimum atomic E-state index is -0.416. The van der Waals surface area contributed by atoms with Crippen LogP contribution in [0.1, 0.15) is 25.3 Å². The minimum absolute atomic E-state index is 0.00556. The Balaban J connectivity index is 2.24. The highest BCUT2D eigenvalue weighted by atomic mass is 32.2. The maximum absolute atomic E-state index is 14.4. The molecule has 1 aromatic carbocycles. The van der Waals surface area contributed by atoms with Gasteiger partial charge in [-0.3, -0.25) is 4.79 Å². The molecule has 3 nitrogen and oxygen atoms in total. The molecule has 0 amide bonds. The Labute approximate surface area is 163 Å². The van der Waals surface area contributed by atoms with Crippen molar-refractivity contribution >= 4 is 17.5 Å². The van der Waals surface area contributed by atoms with Crippen LogP contribution < -0.4 is 0 Å². The fourth-order valence-electron chi connectivity index (χ4n) is 3.48. The first-order valence-electron chi connectivity index (χ1n) is 8.91. The highest BCUT2D eigenvalue weighted by molar-refractivity contribution is 7.98. The van der Waals surface area contributed by atoms with Gasteiger partial charge in [0.05, 0.1) is 0 Å². The number of thioether (sulfide) groups is 1. The number of carbonyl (C=O) groups is 1. The number of halogens is 2. The largest absolute Gasteiger partial charge is 0.471 e. The second-order valence-electron chi connectivity index (χ2n) is 6.82. The summed E-state index contributed by atoms with van der Waals surface area (Å²) >= 11 is 1.18. The van der Waals surface area contributed by atoms with Crippen molar-refractivity contribution in [2.45, 2.75) is 31.1 Å². The van der Waals surface area contributed by atoms with Crippen LogP contribution in [0.2, 0.25) is 0 Å². The molecule has 0 fully saturated rings. The van der Waals surface area contributed by atoms with E-state index in [1.54, 1.807) is 12.3 Å². The van der Waals surface area contributed by atoms with Crippen LogP contribution in [0.4, 0.5) is 8.78 Å². The van der Waals surface area contributed by atoms with E-state index in [1.165, 1.54) is 37.1 Å². The predicted octanol–water partition coefficient (Wildman–Crippen LogP) is 5.15. The predicted molar refractivity (Wildman–Crippen MR) is 103 cm³/mol. The van der Waals surface area contributed by atoms with E-state index >= 15 is 0 Å². The van der Waals surface area contributed by atoms with Crippen molar-refractivity contribution in [2.24, 2.45) is 17.8 Å². The number of carbonyl (C=O) groups excluding carboxylic acids is 1. The van der Waals surface area contributed by atoms with Gasteiger partial charge >= 0.3 is 0 Å². The zero-order valence-corrected chi connectivity index (χ0v) is 16.8. The van der Waals surface area contributed by atoms with E-state index in [1.807, 2.05) is 6.92 Å². The van der Waals surface area contributed by atoms with E-state index in [2.05, 4.69) is 6.58 Å². The average Bonchev–Trinajstić information content (AvgIpc) is 2.64. The van der Waals surface area contributed by atoms with Gasteiger partial charge in [-0.2, -0.15) is 0 Å². The summed E-state index contributed by atoms with van der Waals surface area (Å²) in [5.74, 6) is -0.549. The molecule has 0 bridgehead atoms. The summed E-state index contributed by atoms with van der Waals surface area (Å²) < 4.78 is 39.0. The van der Waals surface area contributed by atoms with E-state index in [0.717, 1.165) is 0 Å². The summed E-state index contributed by atoms with van der Waals surface area (Å²) in [4.78, 5) is 12.6. The zero-order valence-electron chi connectivity index (χ0n) is 16.0. The van der Waals surface area contributed by atoms with Gasteiger partial charge in [0.15, 0.2) is 12.6 Å². The van der Waals surface area contributed by atoms with Crippen LogP contribution in [0.15, 0.2) is 41.5 Å². The molecule has 3 atom stereocenters. The number of rotatable bonds is 9. The highest BCUT2D eigenvalue weighted by Crippen LogP contribution is 2.37. The monoisotopic (exact) mass is 396 g/mol. The molecule has 0 aliphatic heterocycles. The first kappa shape index (κ1) is 21.6. The molecule has 2 unspecified atom stereocenters.